The molecule has 5 heteroatoms. The summed E-state index contributed by atoms with van der Waals surface area (Å²) in [7, 11) is 0.228. The lowest BCUT2D eigenvalue weighted by atomic mass is 10.1. The van der Waals surface area contributed by atoms with Crippen molar-refractivity contribution in [3.63, 3.8) is 0 Å². The Morgan fingerprint density at radius 1 is 1.42 bits per heavy atom. The normalized spacial score (nSPS) is 17.7. The zero-order valence-corrected chi connectivity index (χ0v) is 12.6. The van der Waals surface area contributed by atoms with E-state index >= 15 is 0 Å². The van der Waals surface area contributed by atoms with Crippen molar-refractivity contribution in [1.29, 1.82) is 0 Å². The zero-order valence-electron chi connectivity index (χ0n) is 11.8. The zero-order chi connectivity index (χ0) is 14.0. The van der Waals surface area contributed by atoms with E-state index in [0.717, 1.165) is 24.8 Å². The molecular formula is C14H22N2O2S. The minimum absolute atomic E-state index is 0.194. The summed E-state index contributed by atoms with van der Waals surface area (Å²) in [5.41, 5.74) is 1.02. The fraction of sp³-hybridized carbons (Fsp3) is 0.571. The van der Waals surface area contributed by atoms with Crippen LogP contribution in [0.25, 0.3) is 0 Å². The molecule has 19 heavy (non-hydrogen) atoms. The van der Waals surface area contributed by atoms with Gasteiger partial charge in [0.25, 0.3) is 0 Å². The van der Waals surface area contributed by atoms with Crippen LogP contribution >= 0.6 is 0 Å². The predicted molar refractivity (Wildman–Crippen MR) is 76.5 cm³/mol. The first kappa shape index (κ1) is 14.5. The maximum absolute atomic E-state index is 12.5. The topological polar surface area (TPSA) is 49.4 Å². The fourth-order valence-corrected chi connectivity index (χ4v) is 3.77. The molecule has 0 radical (unpaired) electrons. The third kappa shape index (κ3) is 2.99. The molecule has 1 aromatic rings. The Labute approximate surface area is 115 Å². The quantitative estimate of drug-likeness (QED) is 0.869. The number of benzene rings is 1. The second-order valence-electron chi connectivity index (χ2n) is 5.07. The van der Waals surface area contributed by atoms with Gasteiger partial charge < -0.3 is 5.32 Å². The molecule has 0 heterocycles. The highest BCUT2D eigenvalue weighted by Crippen LogP contribution is 2.31. The van der Waals surface area contributed by atoms with Gasteiger partial charge >= 0.3 is 0 Å². The molecule has 0 saturated heterocycles. The third-order valence-corrected chi connectivity index (χ3v) is 5.66. The molecule has 1 aliphatic rings. The third-order valence-electron chi connectivity index (χ3n) is 3.76. The van der Waals surface area contributed by atoms with E-state index in [-0.39, 0.29) is 12.1 Å². The molecule has 0 spiro atoms. The van der Waals surface area contributed by atoms with Crippen LogP contribution in [0.5, 0.6) is 0 Å². The highest BCUT2D eigenvalue weighted by Gasteiger charge is 2.35. The van der Waals surface area contributed by atoms with Crippen LogP contribution in [0.4, 0.5) is 0 Å². The Hall–Kier alpha value is -0.910. The van der Waals surface area contributed by atoms with Crippen LogP contribution in [-0.4, -0.2) is 32.9 Å². The molecule has 0 aliphatic heterocycles. The highest BCUT2D eigenvalue weighted by molar-refractivity contribution is 7.89. The molecule has 1 atom stereocenters. The van der Waals surface area contributed by atoms with Gasteiger partial charge in [0, 0.05) is 19.1 Å². The number of hydrogen-bond acceptors (Lipinski definition) is 3. The van der Waals surface area contributed by atoms with Crippen molar-refractivity contribution in [2.45, 2.75) is 43.2 Å². The van der Waals surface area contributed by atoms with Gasteiger partial charge in [-0.25, -0.2) is 8.42 Å². The van der Waals surface area contributed by atoms with E-state index in [1.54, 1.807) is 19.2 Å². The van der Waals surface area contributed by atoms with E-state index in [9.17, 15) is 8.42 Å². The van der Waals surface area contributed by atoms with Crippen molar-refractivity contribution in [1.82, 2.24) is 9.62 Å². The first-order valence-electron chi connectivity index (χ1n) is 6.76. The standard InChI is InChI=1S/C14H22N2O2S/c1-4-14(15-2)11-6-5-7-13(10-11)19(17,18)16(3)12-8-9-12/h5-7,10,12,14-15H,4,8-9H2,1-3H3. The summed E-state index contributed by atoms with van der Waals surface area (Å²) in [5.74, 6) is 0. The highest BCUT2D eigenvalue weighted by atomic mass is 32.2. The van der Waals surface area contributed by atoms with Crippen LogP contribution in [-0.2, 0) is 10.0 Å². The summed E-state index contributed by atoms with van der Waals surface area (Å²) in [6.07, 6.45) is 2.88. The molecule has 1 unspecified atom stereocenters. The van der Waals surface area contributed by atoms with Gasteiger partial charge in [0.15, 0.2) is 0 Å². The van der Waals surface area contributed by atoms with E-state index in [2.05, 4.69) is 12.2 Å². The summed E-state index contributed by atoms with van der Waals surface area (Å²) in [4.78, 5) is 0.396. The van der Waals surface area contributed by atoms with Gasteiger partial charge in [0.2, 0.25) is 10.0 Å². The van der Waals surface area contributed by atoms with Gasteiger partial charge in [-0.05, 0) is 44.0 Å². The van der Waals surface area contributed by atoms with Crippen molar-refractivity contribution < 1.29 is 8.42 Å². The Morgan fingerprint density at radius 2 is 2.11 bits per heavy atom. The van der Waals surface area contributed by atoms with Gasteiger partial charge in [0.1, 0.15) is 0 Å². The average molecular weight is 282 g/mol. The Kier molecular flexibility index (Phi) is 4.28. The minimum atomic E-state index is -3.34. The van der Waals surface area contributed by atoms with Crippen LogP contribution in [0.1, 0.15) is 37.8 Å². The Balaban J connectivity index is 2.32. The minimum Gasteiger partial charge on any atom is -0.313 e. The average Bonchev–Trinajstić information content (AvgIpc) is 3.24. The first-order valence-corrected chi connectivity index (χ1v) is 8.20. The summed E-state index contributed by atoms with van der Waals surface area (Å²) < 4.78 is 26.4. The van der Waals surface area contributed by atoms with Crippen LogP contribution in [0.3, 0.4) is 0 Å². The molecule has 4 nitrogen and oxygen atoms in total. The smallest absolute Gasteiger partial charge is 0.243 e. The lowest BCUT2D eigenvalue weighted by Gasteiger charge is -2.19. The second-order valence-corrected chi connectivity index (χ2v) is 7.07. The number of rotatable bonds is 6. The number of nitrogens with one attached hydrogen (secondary N) is 1. The molecule has 1 aromatic carbocycles. The molecule has 106 valence electrons. The van der Waals surface area contributed by atoms with Crippen molar-refractivity contribution >= 4 is 10.0 Å². The summed E-state index contributed by atoms with van der Waals surface area (Å²) >= 11 is 0. The van der Waals surface area contributed by atoms with E-state index in [1.807, 2.05) is 19.2 Å². The summed E-state index contributed by atoms with van der Waals surface area (Å²) in [6.45, 7) is 2.08. The van der Waals surface area contributed by atoms with Crippen LogP contribution < -0.4 is 5.32 Å². The maximum Gasteiger partial charge on any atom is 0.243 e. The molecule has 0 aromatic heterocycles. The summed E-state index contributed by atoms with van der Waals surface area (Å²) in [5, 5.41) is 3.20. The van der Waals surface area contributed by atoms with Crippen molar-refractivity contribution in [2.24, 2.45) is 0 Å². The molecule has 0 bridgehead atoms. The molecule has 1 saturated carbocycles. The summed E-state index contributed by atoms with van der Waals surface area (Å²) in [6, 6.07) is 7.66. The van der Waals surface area contributed by atoms with E-state index in [4.69, 9.17) is 0 Å². The maximum atomic E-state index is 12.5. The second kappa shape index (κ2) is 5.61. The van der Waals surface area contributed by atoms with Gasteiger partial charge in [-0.1, -0.05) is 19.1 Å². The molecule has 1 aliphatic carbocycles. The molecular weight excluding hydrogens is 260 g/mol. The van der Waals surface area contributed by atoms with Gasteiger partial charge in [0.05, 0.1) is 4.90 Å². The van der Waals surface area contributed by atoms with Crippen LogP contribution in [0, 0.1) is 0 Å². The van der Waals surface area contributed by atoms with Gasteiger partial charge in [-0.2, -0.15) is 4.31 Å². The first-order chi connectivity index (χ1) is 9.00. The monoisotopic (exact) mass is 282 g/mol. The van der Waals surface area contributed by atoms with E-state index in [0.29, 0.717) is 4.90 Å². The van der Waals surface area contributed by atoms with Crippen LogP contribution in [0.2, 0.25) is 0 Å². The molecule has 1 N–H and O–H groups in total. The Morgan fingerprint density at radius 3 is 2.63 bits per heavy atom. The predicted octanol–water partition coefficient (Wildman–Crippen LogP) is 2.14. The molecule has 2 rings (SSSR count). The van der Waals surface area contributed by atoms with Crippen LogP contribution in [0.15, 0.2) is 29.2 Å². The van der Waals surface area contributed by atoms with Gasteiger partial charge in [-0.15, -0.1) is 0 Å². The lowest BCUT2D eigenvalue weighted by Crippen LogP contribution is -2.29. The van der Waals surface area contributed by atoms with Crippen molar-refractivity contribution in [2.75, 3.05) is 14.1 Å². The number of hydrogen-bond donors (Lipinski definition) is 1. The van der Waals surface area contributed by atoms with E-state index < -0.39 is 10.0 Å². The van der Waals surface area contributed by atoms with Gasteiger partial charge in [-0.3, -0.25) is 0 Å². The largest absolute Gasteiger partial charge is 0.313 e. The fourth-order valence-electron chi connectivity index (χ4n) is 2.30. The number of sulfonamides is 1. The molecule has 0 amide bonds. The lowest BCUT2D eigenvalue weighted by molar-refractivity contribution is 0.464. The van der Waals surface area contributed by atoms with Crippen molar-refractivity contribution in [3.8, 4) is 0 Å². The SMILES string of the molecule is CCC(NC)c1cccc(S(=O)(=O)N(C)C2CC2)c1. The number of nitrogens with zero attached hydrogens (tertiary/aromatic N) is 1. The Bertz CT molecular complexity index is 534. The molecule has 1 fully saturated rings. The van der Waals surface area contributed by atoms with E-state index in [1.165, 1.54) is 4.31 Å². The van der Waals surface area contributed by atoms with Crippen molar-refractivity contribution in [3.05, 3.63) is 29.8 Å².